The van der Waals surface area contributed by atoms with E-state index in [0.29, 0.717) is 24.4 Å². The molecule has 2 aliphatic carbocycles. The van der Waals surface area contributed by atoms with Crippen LogP contribution in [0.2, 0.25) is 0 Å². The van der Waals surface area contributed by atoms with Crippen LogP contribution in [0.25, 0.3) is 45.0 Å². The minimum Gasteiger partial charge on any atom is -0.353 e. The van der Waals surface area contributed by atoms with Crippen molar-refractivity contribution in [2.24, 2.45) is 28.2 Å². The van der Waals surface area contributed by atoms with E-state index in [2.05, 4.69) is 412 Å². The van der Waals surface area contributed by atoms with Gasteiger partial charge in [-0.15, -0.1) is 0 Å². The standard InChI is InChI=1S/C25H28N3.C23H30N3.C22H24N3.C22H28N3/c1-18-10-8-11-19(2)25(18)28-17-16-27(21(28)4)23-14-9-12-22(20(23)3)24-13-6-7-15-26(24)5;1-18-21(23-13-7-8-15-24(23)3)12-9-14-22(18)26-17-16-25(19(26)2)20-10-5-4-6-11-20;1-16-18(20-11-7-8-15-23(20)3)10-9-14-19(16)25-17(2)24(4)21-12-5-6-13-22(21)25;1-17-20(22-12-6-7-14-23(22)3)11-8-13-21(17)25-16-15-24(18(25)2)19-9-4-5-10-19/h6-17,21H,1-5H3;7-9,12-17,19-20H,4-6,10-11H2,1-3H3;5-15,17H,1-4H3;6-8,11-16,18-19H,4-5,9-10H2,1-3H3/q4*+1/t21-;19-;17-;18-/m1000/s1. The highest BCUT2D eigenvalue weighted by molar-refractivity contribution is 5.86. The van der Waals surface area contributed by atoms with Gasteiger partial charge in [0.1, 0.15) is 52.9 Å². The van der Waals surface area contributed by atoms with Gasteiger partial charge < -0.3 is 39.2 Å². The summed E-state index contributed by atoms with van der Waals surface area (Å²) < 4.78 is 8.75. The Kier molecular flexibility index (Phi) is 21.9. The van der Waals surface area contributed by atoms with Gasteiger partial charge in [-0.05, 0) is 213 Å². The Balaban J connectivity index is 0.000000123. The number of aryl methyl sites for hydroxylation is 6. The third kappa shape index (κ3) is 14.4. The van der Waals surface area contributed by atoms with Crippen LogP contribution in [-0.4, -0.2) is 53.6 Å². The van der Waals surface area contributed by atoms with E-state index in [0.717, 1.165) is 0 Å². The largest absolute Gasteiger partial charge is 0.353 e. The maximum absolute atomic E-state index is 2.58. The maximum Gasteiger partial charge on any atom is 0.212 e. The van der Waals surface area contributed by atoms with Crippen molar-refractivity contribution in [3.8, 4) is 45.0 Å². The molecule has 0 radical (unpaired) electrons. The molecule has 10 aromatic rings. The summed E-state index contributed by atoms with van der Waals surface area (Å²) in [6.45, 7) is 22.5. The second-order valence-corrected chi connectivity index (χ2v) is 29.5. The molecule has 4 atom stereocenters. The predicted molar refractivity (Wildman–Crippen MR) is 432 cm³/mol. The lowest BCUT2D eigenvalue weighted by molar-refractivity contribution is -0.660. The summed E-state index contributed by atoms with van der Waals surface area (Å²) in [5.74, 6) is 0. The first kappa shape index (κ1) is 71.9. The van der Waals surface area contributed by atoms with Crippen LogP contribution in [0.15, 0.2) is 250 Å². The summed E-state index contributed by atoms with van der Waals surface area (Å²) in [5.41, 5.74) is 27.0. The highest BCUT2D eigenvalue weighted by atomic mass is 15.4. The van der Waals surface area contributed by atoms with Gasteiger partial charge in [0.2, 0.25) is 22.8 Å². The Morgan fingerprint density at radius 2 is 0.596 bits per heavy atom. The molecule has 0 amide bonds. The van der Waals surface area contributed by atoms with E-state index in [9.17, 15) is 0 Å². The van der Waals surface area contributed by atoms with Crippen molar-refractivity contribution in [3.05, 3.63) is 283 Å². The normalized spacial score (nSPS) is 18.4. The number of aromatic nitrogens is 4. The summed E-state index contributed by atoms with van der Waals surface area (Å²) in [7, 11) is 10.6. The van der Waals surface area contributed by atoms with E-state index in [1.165, 1.54) is 176 Å². The second-order valence-electron chi connectivity index (χ2n) is 29.5. The van der Waals surface area contributed by atoms with Crippen LogP contribution >= 0.6 is 0 Å². The number of rotatable bonds is 11. The molecule has 12 nitrogen and oxygen atoms in total. The summed E-state index contributed by atoms with van der Waals surface area (Å²) >= 11 is 0. The topological polar surface area (TPSA) is 41.4 Å². The van der Waals surface area contributed by atoms with Crippen molar-refractivity contribution in [1.82, 2.24) is 9.80 Å². The summed E-state index contributed by atoms with van der Waals surface area (Å²) in [6, 6.07) is 68.6. The number of hydrogen-bond donors (Lipinski definition) is 0. The lowest BCUT2D eigenvalue weighted by Crippen LogP contribution is -2.43. The first-order chi connectivity index (χ1) is 50.4. The fourth-order valence-electron chi connectivity index (χ4n) is 17.2. The van der Waals surface area contributed by atoms with Gasteiger partial charge >= 0.3 is 0 Å². The van der Waals surface area contributed by atoms with Gasteiger partial charge in [-0.2, -0.15) is 0 Å². The monoisotopic (exact) mass is 1380 g/mol. The molecule has 534 valence electrons. The zero-order valence-corrected chi connectivity index (χ0v) is 64.4. The molecule has 4 aliphatic heterocycles. The number of anilines is 7. The molecule has 0 bridgehead atoms. The molecule has 16 rings (SSSR count). The SMILES string of the molecule is Cc1c(-c2cccc[n+]2C)cccc1N1C=CN(C2CCCC2)[C@@H]1C.Cc1c(-c2cccc[n+]2C)cccc1N1C=CN(C2CCCCC2)[C@@H]1C.Cc1c(-c2cccc[n+]2C)cccc1N1c2ccccc2N(C)[C@@H]1C.Cc1cccc(C)c1N1C=CN(c2cccc(-c3cccc[n+]3C)c2C)[C@H]1C. The molecule has 6 aliphatic rings. The van der Waals surface area contributed by atoms with E-state index < -0.39 is 0 Å². The molecular formula is C92H110N12+4. The van der Waals surface area contributed by atoms with Crippen LogP contribution < -0.4 is 47.7 Å². The molecule has 6 aromatic carbocycles. The Morgan fingerprint density at radius 3 is 0.990 bits per heavy atom. The Labute approximate surface area is 621 Å². The molecule has 8 heterocycles. The molecule has 0 spiro atoms. The Morgan fingerprint density at radius 1 is 0.288 bits per heavy atom. The van der Waals surface area contributed by atoms with Gasteiger partial charge in [0.25, 0.3) is 0 Å². The van der Waals surface area contributed by atoms with Crippen molar-refractivity contribution >= 4 is 39.8 Å². The highest BCUT2D eigenvalue weighted by Crippen LogP contribution is 2.46. The minimum atomic E-state index is 0.221. The molecule has 0 N–H and O–H groups in total. The maximum atomic E-state index is 2.58. The number of benzene rings is 6. The number of nitrogens with zero attached hydrogens (tertiary/aromatic N) is 12. The van der Waals surface area contributed by atoms with Crippen molar-refractivity contribution in [2.75, 3.05) is 36.4 Å². The van der Waals surface area contributed by atoms with E-state index in [4.69, 9.17) is 0 Å². The van der Waals surface area contributed by atoms with Gasteiger partial charge in [-0.25, -0.2) is 18.3 Å². The van der Waals surface area contributed by atoms with E-state index in [1.54, 1.807) is 0 Å². The fraction of sp³-hybridized carbons (Fsp3) is 0.326. The molecule has 0 unspecified atom stereocenters. The summed E-state index contributed by atoms with van der Waals surface area (Å²) in [5, 5.41) is 0. The lowest BCUT2D eigenvalue weighted by Gasteiger charge is -2.38. The van der Waals surface area contributed by atoms with Crippen LogP contribution in [0, 0.1) is 41.5 Å². The zero-order valence-electron chi connectivity index (χ0n) is 64.4. The van der Waals surface area contributed by atoms with E-state index in [1.807, 2.05) is 0 Å². The van der Waals surface area contributed by atoms with Crippen molar-refractivity contribution in [1.29, 1.82) is 0 Å². The third-order valence-corrected chi connectivity index (χ3v) is 23.2. The first-order valence-corrected chi connectivity index (χ1v) is 38.0. The summed E-state index contributed by atoms with van der Waals surface area (Å²) in [6.07, 6.45) is 35.5. The van der Waals surface area contributed by atoms with Crippen LogP contribution in [0.3, 0.4) is 0 Å². The van der Waals surface area contributed by atoms with Crippen LogP contribution in [0.4, 0.5) is 39.8 Å². The average Bonchev–Trinajstić information content (AvgIpc) is 1.60. The van der Waals surface area contributed by atoms with Crippen LogP contribution in [-0.2, 0) is 28.2 Å². The van der Waals surface area contributed by atoms with Crippen LogP contribution in [0.5, 0.6) is 0 Å². The van der Waals surface area contributed by atoms with Crippen molar-refractivity contribution in [3.63, 3.8) is 0 Å². The van der Waals surface area contributed by atoms with E-state index in [-0.39, 0.29) is 12.3 Å². The minimum absolute atomic E-state index is 0.221. The molecule has 12 heteroatoms. The number of para-hydroxylation sites is 3. The highest BCUT2D eigenvalue weighted by Gasteiger charge is 2.36. The van der Waals surface area contributed by atoms with Gasteiger partial charge in [0.15, 0.2) is 24.8 Å². The number of pyridine rings is 4. The van der Waals surface area contributed by atoms with Gasteiger partial charge in [-0.1, -0.05) is 86.7 Å². The molecule has 104 heavy (non-hydrogen) atoms. The lowest BCUT2D eigenvalue weighted by atomic mass is 9.94. The number of hydrogen-bond acceptors (Lipinski definition) is 8. The van der Waals surface area contributed by atoms with Gasteiger partial charge in [0.05, 0.1) is 33.6 Å². The summed E-state index contributed by atoms with van der Waals surface area (Å²) in [4.78, 5) is 19.5. The molecule has 0 saturated heterocycles. The smallest absolute Gasteiger partial charge is 0.212 e. The van der Waals surface area contributed by atoms with Crippen molar-refractivity contribution in [2.45, 2.75) is 164 Å². The Hall–Kier alpha value is -10.5. The predicted octanol–water partition coefficient (Wildman–Crippen LogP) is 18.8. The van der Waals surface area contributed by atoms with Gasteiger partial charge in [0, 0.05) is 133 Å². The quantitative estimate of drug-likeness (QED) is 0.119. The molecule has 4 aromatic heterocycles. The first-order valence-electron chi connectivity index (χ1n) is 38.0. The average molecular weight is 1380 g/mol. The molecule has 2 fully saturated rings. The zero-order chi connectivity index (χ0) is 72.9. The fourth-order valence-corrected chi connectivity index (χ4v) is 17.2. The van der Waals surface area contributed by atoms with Crippen LogP contribution in [0.1, 0.15) is 119 Å². The second kappa shape index (κ2) is 31.6. The Bertz CT molecular complexity index is 4750. The molecular weight excluding hydrogens is 1270 g/mol. The third-order valence-electron chi connectivity index (χ3n) is 23.2. The van der Waals surface area contributed by atoms with E-state index >= 15 is 0 Å². The number of fused-ring (bicyclic) bond motifs is 1. The molecule has 2 saturated carbocycles. The van der Waals surface area contributed by atoms with Gasteiger partial charge in [-0.3, -0.25) is 0 Å². The van der Waals surface area contributed by atoms with Crippen molar-refractivity contribution < 1.29 is 18.3 Å².